The zero-order chi connectivity index (χ0) is 11.8. The van der Waals surface area contributed by atoms with E-state index in [1.54, 1.807) is 11.9 Å². The number of ether oxygens (including phenoxy) is 1. The number of carbonyl (C=O) groups is 1. The number of amides is 1. The van der Waals surface area contributed by atoms with E-state index in [1.807, 2.05) is 0 Å². The van der Waals surface area contributed by atoms with Gasteiger partial charge in [0.2, 0.25) is 0 Å². The maximum absolute atomic E-state index is 10.4. The molecular formula is C8H18N2O5. The Kier molecular flexibility index (Phi) is 6.97. The Morgan fingerprint density at radius 2 is 2.00 bits per heavy atom. The number of hydrogen-bond donors (Lipinski definition) is 4. The summed E-state index contributed by atoms with van der Waals surface area (Å²) in [5.41, 5.74) is 4.79. The van der Waals surface area contributed by atoms with E-state index in [4.69, 9.17) is 21.1 Å². The molecule has 0 aromatic carbocycles. The molecule has 0 aromatic rings. The van der Waals surface area contributed by atoms with E-state index in [9.17, 15) is 4.79 Å². The number of hydrogen-bond acceptors (Lipinski definition) is 6. The molecule has 0 aromatic heterocycles. The van der Waals surface area contributed by atoms with E-state index in [0.29, 0.717) is 0 Å². The number of likely N-dealkylation sites (N-methyl/N-ethyl adjacent to an activating group) is 1. The topological polar surface area (TPSA) is 116 Å². The van der Waals surface area contributed by atoms with Gasteiger partial charge in [-0.1, -0.05) is 0 Å². The highest BCUT2D eigenvalue weighted by atomic mass is 16.6. The maximum Gasteiger partial charge on any atom is 0.404 e. The fraction of sp³-hybridized carbons (Fsp3) is 0.875. The largest absolute Gasteiger partial charge is 0.443 e. The Labute approximate surface area is 88.1 Å². The molecule has 2 atom stereocenters. The zero-order valence-electron chi connectivity index (χ0n) is 8.67. The summed E-state index contributed by atoms with van der Waals surface area (Å²) >= 11 is 0. The minimum atomic E-state index is -0.954. The average Bonchev–Trinajstić information content (AvgIpc) is 2.15. The van der Waals surface area contributed by atoms with Crippen LogP contribution in [-0.2, 0) is 4.74 Å². The van der Waals surface area contributed by atoms with Crippen molar-refractivity contribution in [3.63, 3.8) is 0 Å². The van der Waals surface area contributed by atoms with Crippen molar-refractivity contribution in [1.29, 1.82) is 0 Å². The zero-order valence-corrected chi connectivity index (χ0v) is 8.67. The van der Waals surface area contributed by atoms with Crippen molar-refractivity contribution in [3.8, 4) is 0 Å². The molecular weight excluding hydrogens is 204 g/mol. The summed E-state index contributed by atoms with van der Waals surface area (Å²) in [4.78, 5) is 12.0. The van der Waals surface area contributed by atoms with Crippen LogP contribution in [-0.4, -0.2) is 71.9 Å². The lowest BCUT2D eigenvalue weighted by atomic mass is 10.3. The van der Waals surface area contributed by atoms with Gasteiger partial charge in [0.05, 0.1) is 19.3 Å². The fourth-order valence-electron chi connectivity index (χ4n) is 1.14. The van der Waals surface area contributed by atoms with Crippen LogP contribution in [0.1, 0.15) is 0 Å². The quantitative estimate of drug-likeness (QED) is 0.386. The Morgan fingerprint density at radius 1 is 1.40 bits per heavy atom. The van der Waals surface area contributed by atoms with Gasteiger partial charge in [0.15, 0.2) is 0 Å². The minimum Gasteiger partial charge on any atom is -0.443 e. The molecule has 0 spiro atoms. The van der Waals surface area contributed by atoms with Crippen LogP contribution in [0.4, 0.5) is 4.79 Å². The minimum absolute atomic E-state index is 0.217. The van der Waals surface area contributed by atoms with Crippen molar-refractivity contribution < 1.29 is 24.9 Å². The molecule has 0 saturated heterocycles. The average molecular weight is 222 g/mol. The molecule has 7 nitrogen and oxygen atoms in total. The second-order valence-corrected chi connectivity index (χ2v) is 3.30. The van der Waals surface area contributed by atoms with Gasteiger partial charge in [0.25, 0.3) is 0 Å². The Balaban J connectivity index is 3.89. The molecule has 2 unspecified atom stereocenters. The molecule has 0 rings (SSSR count). The number of primary amides is 1. The maximum atomic E-state index is 10.4. The lowest BCUT2D eigenvalue weighted by Gasteiger charge is -2.23. The molecule has 0 bridgehead atoms. The van der Waals surface area contributed by atoms with Crippen LogP contribution in [0.2, 0.25) is 0 Å². The number of aliphatic hydroxyl groups is 3. The SMILES string of the molecule is CN(CC(O)CO)CC(CO)OC(N)=O. The first-order valence-electron chi connectivity index (χ1n) is 4.54. The van der Waals surface area contributed by atoms with E-state index in [1.165, 1.54) is 0 Å². The molecule has 5 N–H and O–H groups in total. The van der Waals surface area contributed by atoms with Gasteiger partial charge in [0, 0.05) is 13.1 Å². The molecule has 0 fully saturated rings. The normalized spacial score (nSPS) is 15.0. The number of rotatable bonds is 7. The Bertz CT molecular complexity index is 190. The molecule has 0 heterocycles. The van der Waals surface area contributed by atoms with Gasteiger partial charge < -0.3 is 25.8 Å². The highest BCUT2D eigenvalue weighted by Gasteiger charge is 2.15. The van der Waals surface area contributed by atoms with Crippen molar-refractivity contribution >= 4 is 6.09 Å². The molecule has 1 amide bonds. The summed E-state index contributed by atoms with van der Waals surface area (Å²) in [7, 11) is 1.66. The first-order valence-corrected chi connectivity index (χ1v) is 4.54. The summed E-state index contributed by atoms with van der Waals surface area (Å²) < 4.78 is 4.59. The molecule has 0 radical (unpaired) electrons. The third-order valence-corrected chi connectivity index (χ3v) is 1.73. The predicted molar refractivity (Wildman–Crippen MR) is 52.1 cm³/mol. The van der Waals surface area contributed by atoms with Gasteiger partial charge in [-0.05, 0) is 7.05 Å². The summed E-state index contributed by atoms with van der Waals surface area (Å²) in [6.07, 6.45) is -2.54. The summed E-state index contributed by atoms with van der Waals surface area (Å²) in [6.45, 7) is -0.237. The molecule has 15 heavy (non-hydrogen) atoms. The van der Waals surface area contributed by atoms with Crippen LogP contribution in [0.3, 0.4) is 0 Å². The second kappa shape index (κ2) is 7.41. The van der Waals surface area contributed by atoms with Crippen molar-refractivity contribution in [2.45, 2.75) is 12.2 Å². The smallest absolute Gasteiger partial charge is 0.404 e. The van der Waals surface area contributed by atoms with Crippen LogP contribution in [0.15, 0.2) is 0 Å². The Morgan fingerprint density at radius 3 is 2.40 bits per heavy atom. The predicted octanol–water partition coefficient (Wildman–Crippen LogP) is -2.27. The van der Waals surface area contributed by atoms with Gasteiger partial charge in [-0.25, -0.2) is 4.79 Å². The number of nitrogens with two attached hydrogens (primary N) is 1. The van der Waals surface area contributed by atoms with E-state index in [0.717, 1.165) is 0 Å². The van der Waals surface area contributed by atoms with E-state index in [-0.39, 0.29) is 26.3 Å². The van der Waals surface area contributed by atoms with E-state index >= 15 is 0 Å². The van der Waals surface area contributed by atoms with Crippen molar-refractivity contribution in [1.82, 2.24) is 4.90 Å². The third kappa shape index (κ3) is 7.09. The van der Waals surface area contributed by atoms with Crippen molar-refractivity contribution in [2.75, 3.05) is 33.4 Å². The lowest BCUT2D eigenvalue weighted by Crippen LogP contribution is -2.40. The van der Waals surface area contributed by atoms with Crippen LogP contribution in [0.25, 0.3) is 0 Å². The molecule has 0 saturated carbocycles. The third-order valence-electron chi connectivity index (χ3n) is 1.73. The number of nitrogens with zero attached hydrogens (tertiary/aromatic N) is 1. The van der Waals surface area contributed by atoms with Gasteiger partial charge in [-0.2, -0.15) is 0 Å². The highest BCUT2D eigenvalue weighted by molar-refractivity contribution is 5.64. The Hall–Kier alpha value is -0.890. The van der Waals surface area contributed by atoms with Crippen LogP contribution in [0, 0.1) is 0 Å². The van der Waals surface area contributed by atoms with E-state index in [2.05, 4.69) is 4.74 Å². The lowest BCUT2D eigenvalue weighted by molar-refractivity contribution is 0.0227. The molecule has 0 aliphatic heterocycles. The van der Waals surface area contributed by atoms with E-state index < -0.39 is 18.3 Å². The molecule has 0 aliphatic rings. The van der Waals surface area contributed by atoms with Crippen LogP contribution < -0.4 is 5.73 Å². The van der Waals surface area contributed by atoms with Gasteiger partial charge in [-0.3, -0.25) is 4.90 Å². The molecule has 7 heteroatoms. The standard InChI is InChI=1S/C8H18N2O5/c1-10(2-6(13)4-11)3-7(5-12)15-8(9)14/h6-7,11-13H,2-5H2,1H3,(H2,9,14). The highest BCUT2D eigenvalue weighted by Crippen LogP contribution is 1.96. The first-order chi connectivity index (χ1) is 6.99. The summed E-state index contributed by atoms with van der Waals surface area (Å²) in [6, 6.07) is 0. The van der Waals surface area contributed by atoms with Crippen molar-refractivity contribution in [2.24, 2.45) is 5.73 Å². The van der Waals surface area contributed by atoms with Gasteiger partial charge >= 0.3 is 6.09 Å². The first kappa shape index (κ1) is 14.1. The van der Waals surface area contributed by atoms with Gasteiger partial charge in [0.1, 0.15) is 6.10 Å². The second-order valence-electron chi connectivity index (χ2n) is 3.30. The number of aliphatic hydroxyl groups excluding tert-OH is 3. The monoisotopic (exact) mass is 222 g/mol. The molecule has 0 aliphatic carbocycles. The number of carbonyl (C=O) groups excluding carboxylic acids is 1. The van der Waals surface area contributed by atoms with Gasteiger partial charge in [-0.15, -0.1) is 0 Å². The summed E-state index contributed by atoms with van der Waals surface area (Å²) in [5.74, 6) is 0. The fourth-order valence-corrected chi connectivity index (χ4v) is 1.14. The van der Waals surface area contributed by atoms with Crippen molar-refractivity contribution in [3.05, 3.63) is 0 Å². The van der Waals surface area contributed by atoms with Crippen LogP contribution in [0.5, 0.6) is 0 Å². The van der Waals surface area contributed by atoms with Crippen LogP contribution >= 0.6 is 0 Å². The molecule has 90 valence electrons. The summed E-state index contributed by atoms with van der Waals surface area (Å²) in [5, 5.41) is 26.5.